The number of sulfonamides is 1. The third kappa shape index (κ3) is 6.33. The fourth-order valence-corrected chi connectivity index (χ4v) is 3.38. The van der Waals surface area contributed by atoms with Gasteiger partial charge in [-0.2, -0.15) is 4.31 Å². The summed E-state index contributed by atoms with van der Waals surface area (Å²) in [6, 6.07) is 13.2. The van der Waals surface area contributed by atoms with E-state index in [9.17, 15) is 17.6 Å². The molecule has 0 heterocycles. The van der Waals surface area contributed by atoms with Crippen molar-refractivity contribution < 1.29 is 22.3 Å². The van der Waals surface area contributed by atoms with Gasteiger partial charge >= 0.3 is 0 Å². The molecule has 2 aromatic rings. The Hall–Kier alpha value is -2.45. The summed E-state index contributed by atoms with van der Waals surface area (Å²) in [5, 5.41) is 2.63. The molecule has 0 unspecified atom stereocenters. The fourth-order valence-electron chi connectivity index (χ4n) is 2.58. The van der Waals surface area contributed by atoms with Crippen LogP contribution in [0, 0.1) is 5.82 Å². The van der Waals surface area contributed by atoms with Crippen molar-refractivity contribution in [3.05, 3.63) is 65.5 Å². The van der Waals surface area contributed by atoms with Crippen molar-refractivity contribution in [2.75, 3.05) is 26.5 Å². The molecule has 0 aliphatic heterocycles. The van der Waals surface area contributed by atoms with Gasteiger partial charge in [-0.1, -0.05) is 36.4 Å². The predicted octanol–water partition coefficient (Wildman–Crippen LogP) is 1.95. The fraction of sp³-hybridized carbons (Fsp3) is 0.316. The normalized spacial score (nSPS) is 11.4. The molecule has 0 fully saturated rings. The van der Waals surface area contributed by atoms with Crippen LogP contribution in [-0.2, 0) is 27.8 Å². The Morgan fingerprint density at radius 2 is 1.74 bits per heavy atom. The lowest BCUT2D eigenvalue weighted by Gasteiger charge is -2.21. The van der Waals surface area contributed by atoms with Gasteiger partial charge in [0.25, 0.3) is 0 Å². The summed E-state index contributed by atoms with van der Waals surface area (Å²) in [7, 11) is -1.96. The molecule has 0 saturated heterocycles. The number of methoxy groups -OCH3 is 1. The van der Waals surface area contributed by atoms with Gasteiger partial charge in [0, 0.05) is 25.2 Å². The standard InChI is InChI=1S/C19H23FN2O4S/c1-26-18-10-6-4-8-16(18)14-22(27(2,24)25)12-11-21-19(23)13-15-7-3-5-9-17(15)20/h3-10H,11-14H2,1-2H3,(H,21,23). The zero-order chi connectivity index (χ0) is 19.9. The lowest BCUT2D eigenvalue weighted by atomic mass is 10.1. The Kier molecular flexibility index (Phi) is 7.32. The third-order valence-electron chi connectivity index (χ3n) is 4.00. The minimum atomic E-state index is -3.49. The van der Waals surface area contributed by atoms with Crippen molar-refractivity contribution in [2.24, 2.45) is 0 Å². The zero-order valence-corrected chi connectivity index (χ0v) is 16.1. The van der Waals surface area contributed by atoms with Crippen molar-refractivity contribution >= 4 is 15.9 Å². The molecule has 0 aromatic heterocycles. The Labute approximate surface area is 159 Å². The van der Waals surface area contributed by atoms with Gasteiger partial charge in [0.05, 0.1) is 19.8 Å². The number of carbonyl (C=O) groups excluding carboxylic acids is 1. The zero-order valence-electron chi connectivity index (χ0n) is 15.3. The first-order chi connectivity index (χ1) is 12.8. The Balaban J connectivity index is 1.95. The van der Waals surface area contributed by atoms with Crippen molar-refractivity contribution in [1.29, 1.82) is 0 Å². The number of nitrogens with zero attached hydrogens (tertiary/aromatic N) is 1. The molecule has 0 spiro atoms. The second-order valence-corrected chi connectivity index (χ2v) is 8.01. The highest BCUT2D eigenvalue weighted by atomic mass is 32.2. The van der Waals surface area contributed by atoms with E-state index < -0.39 is 15.8 Å². The lowest BCUT2D eigenvalue weighted by Crippen LogP contribution is -2.38. The van der Waals surface area contributed by atoms with Crippen LogP contribution in [0.4, 0.5) is 4.39 Å². The highest BCUT2D eigenvalue weighted by Gasteiger charge is 2.19. The van der Waals surface area contributed by atoms with Crippen LogP contribution in [0.3, 0.4) is 0 Å². The summed E-state index contributed by atoms with van der Waals surface area (Å²) in [6.45, 7) is 0.349. The summed E-state index contributed by atoms with van der Waals surface area (Å²) in [6.07, 6.45) is 1.02. The highest BCUT2D eigenvalue weighted by molar-refractivity contribution is 7.88. The van der Waals surface area contributed by atoms with Crippen LogP contribution in [0.2, 0.25) is 0 Å². The molecule has 0 atom stereocenters. The first-order valence-electron chi connectivity index (χ1n) is 8.38. The summed E-state index contributed by atoms with van der Waals surface area (Å²) < 4.78 is 44.2. The smallest absolute Gasteiger partial charge is 0.224 e. The van der Waals surface area contributed by atoms with Crippen molar-refractivity contribution in [1.82, 2.24) is 9.62 Å². The SMILES string of the molecule is COc1ccccc1CN(CCNC(=O)Cc1ccccc1F)S(C)(=O)=O. The minimum absolute atomic E-state index is 0.0971. The van der Waals surface area contributed by atoms with E-state index in [1.54, 1.807) is 42.5 Å². The topological polar surface area (TPSA) is 75.7 Å². The molecule has 1 amide bonds. The number of hydrogen-bond acceptors (Lipinski definition) is 4. The number of rotatable bonds is 9. The summed E-state index contributed by atoms with van der Waals surface area (Å²) in [5.74, 6) is -0.220. The van der Waals surface area contributed by atoms with Gasteiger partial charge in [0.2, 0.25) is 15.9 Å². The predicted molar refractivity (Wildman–Crippen MR) is 101 cm³/mol. The Morgan fingerprint density at radius 3 is 2.37 bits per heavy atom. The van der Waals surface area contributed by atoms with E-state index in [4.69, 9.17) is 4.74 Å². The summed E-state index contributed by atoms with van der Waals surface area (Å²) in [5.41, 5.74) is 1.02. The van der Waals surface area contributed by atoms with E-state index >= 15 is 0 Å². The van der Waals surface area contributed by atoms with E-state index in [1.165, 1.54) is 17.5 Å². The number of hydrogen-bond donors (Lipinski definition) is 1. The maximum absolute atomic E-state index is 13.6. The van der Waals surface area contributed by atoms with Crippen LogP contribution in [-0.4, -0.2) is 45.1 Å². The number of para-hydroxylation sites is 1. The van der Waals surface area contributed by atoms with E-state index in [0.717, 1.165) is 11.8 Å². The molecule has 8 heteroatoms. The maximum Gasteiger partial charge on any atom is 0.224 e. The molecule has 0 aliphatic rings. The molecule has 0 radical (unpaired) electrons. The van der Waals surface area contributed by atoms with Crippen LogP contribution in [0.5, 0.6) is 5.75 Å². The molecule has 0 saturated carbocycles. The van der Waals surface area contributed by atoms with Crippen molar-refractivity contribution in [3.8, 4) is 5.75 Å². The van der Waals surface area contributed by atoms with Gasteiger partial charge in [0.15, 0.2) is 0 Å². The van der Waals surface area contributed by atoms with E-state index in [0.29, 0.717) is 11.3 Å². The average molecular weight is 394 g/mol. The number of nitrogens with one attached hydrogen (secondary N) is 1. The average Bonchev–Trinajstić information content (AvgIpc) is 2.62. The van der Waals surface area contributed by atoms with Gasteiger partial charge < -0.3 is 10.1 Å². The summed E-state index contributed by atoms with van der Waals surface area (Å²) in [4.78, 5) is 12.0. The van der Waals surface area contributed by atoms with Gasteiger partial charge in [-0.25, -0.2) is 12.8 Å². The molecular weight excluding hydrogens is 371 g/mol. The molecule has 2 aromatic carbocycles. The summed E-state index contributed by atoms with van der Waals surface area (Å²) >= 11 is 0. The molecule has 0 bridgehead atoms. The number of carbonyl (C=O) groups is 1. The third-order valence-corrected chi connectivity index (χ3v) is 5.25. The molecular formula is C19H23FN2O4S. The first-order valence-corrected chi connectivity index (χ1v) is 10.2. The Bertz CT molecular complexity index is 887. The quantitative estimate of drug-likeness (QED) is 0.705. The van der Waals surface area contributed by atoms with Crippen LogP contribution >= 0.6 is 0 Å². The van der Waals surface area contributed by atoms with Crippen LogP contribution < -0.4 is 10.1 Å². The second-order valence-electron chi connectivity index (χ2n) is 6.03. The second kappa shape index (κ2) is 9.48. The van der Waals surface area contributed by atoms with Crippen LogP contribution in [0.25, 0.3) is 0 Å². The van der Waals surface area contributed by atoms with Crippen LogP contribution in [0.15, 0.2) is 48.5 Å². The molecule has 6 nitrogen and oxygen atoms in total. The van der Waals surface area contributed by atoms with Crippen LogP contribution in [0.1, 0.15) is 11.1 Å². The first kappa shape index (κ1) is 20.9. The van der Waals surface area contributed by atoms with E-state index in [1.807, 2.05) is 0 Å². The maximum atomic E-state index is 13.6. The lowest BCUT2D eigenvalue weighted by molar-refractivity contribution is -0.120. The van der Waals surface area contributed by atoms with Gasteiger partial charge in [0.1, 0.15) is 11.6 Å². The molecule has 2 rings (SSSR count). The number of halogens is 1. The molecule has 146 valence electrons. The van der Waals surface area contributed by atoms with Crippen molar-refractivity contribution in [2.45, 2.75) is 13.0 Å². The van der Waals surface area contributed by atoms with Crippen molar-refractivity contribution in [3.63, 3.8) is 0 Å². The largest absolute Gasteiger partial charge is 0.496 e. The number of amides is 1. The number of ether oxygens (including phenoxy) is 1. The van der Waals surface area contributed by atoms with E-state index in [-0.39, 0.29) is 32.0 Å². The highest BCUT2D eigenvalue weighted by Crippen LogP contribution is 2.20. The van der Waals surface area contributed by atoms with E-state index in [2.05, 4.69) is 5.32 Å². The van der Waals surface area contributed by atoms with Gasteiger partial charge in [-0.15, -0.1) is 0 Å². The van der Waals surface area contributed by atoms with Gasteiger partial charge in [-0.05, 0) is 17.7 Å². The van der Waals surface area contributed by atoms with Gasteiger partial charge in [-0.3, -0.25) is 4.79 Å². The number of benzene rings is 2. The monoisotopic (exact) mass is 394 g/mol. The molecule has 27 heavy (non-hydrogen) atoms. The Morgan fingerprint density at radius 1 is 1.11 bits per heavy atom. The molecule has 0 aliphatic carbocycles. The minimum Gasteiger partial charge on any atom is -0.496 e. The molecule has 1 N–H and O–H groups in total.